The van der Waals surface area contributed by atoms with Gasteiger partial charge in [-0.25, -0.2) is 13.4 Å². The second kappa shape index (κ2) is 8.92. The molecule has 1 saturated heterocycles. The first-order chi connectivity index (χ1) is 16.6. The molecule has 2 aliphatic heterocycles. The molecule has 2 aliphatic rings. The van der Waals surface area contributed by atoms with Crippen molar-refractivity contribution in [2.45, 2.75) is 38.6 Å². The highest BCUT2D eigenvalue weighted by Gasteiger charge is 2.35. The third kappa shape index (κ3) is 4.41. The molecule has 0 spiro atoms. The van der Waals surface area contributed by atoms with Gasteiger partial charge in [0.15, 0.2) is 11.5 Å². The summed E-state index contributed by atoms with van der Waals surface area (Å²) in [7, 11) is -3.90. The van der Waals surface area contributed by atoms with Crippen molar-refractivity contribution in [3.05, 3.63) is 39.8 Å². The number of ether oxygens (including phenoxy) is 2. The number of piperidine rings is 1. The summed E-state index contributed by atoms with van der Waals surface area (Å²) in [6.45, 7) is 6.38. The van der Waals surface area contributed by atoms with Crippen molar-refractivity contribution in [3.63, 3.8) is 0 Å². The molecule has 186 valence electrons. The lowest BCUT2D eigenvalue weighted by Crippen LogP contribution is -2.42. The van der Waals surface area contributed by atoms with Crippen LogP contribution in [0.3, 0.4) is 0 Å². The van der Waals surface area contributed by atoms with Crippen LogP contribution in [0, 0.1) is 18.8 Å². The van der Waals surface area contributed by atoms with Crippen molar-refractivity contribution < 1.29 is 22.7 Å². The summed E-state index contributed by atoms with van der Waals surface area (Å²) in [6.07, 6.45) is 2.24. The Morgan fingerprint density at radius 3 is 2.66 bits per heavy atom. The minimum Gasteiger partial charge on any atom is -0.454 e. The largest absolute Gasteiger partial charge is 0.454 e. The number of rotatable bonds is 5. The SMILES string of the molecule is Cc1sc2ncn(CC(=O)Nc3ccc4c(c3)OCO4)c(=O)c2c1S(=O)(=O)N1CC(C)CC(C)C1. The normalized spacial score (nSPS) is 20.3. The summed E-state index contributed by atoms with van der Waals surface area (Å²) >= 11 is 1.17. The van der Waals surface area contributed by atoms with E-state index in [1.165, 1.54) is 22.0 Å². The minimum absolute atomic E-state index is 0.00169. The van der Waals surface area contributed by atoms with Gasteiger partial charge < -0.3 is 14.8 Å². The average molecular weight is 519 g/mol. The highest BCUT2D eigenvalue weighted by Crippen LogP contribution is 2.36. The van der Waals surface area contributed by atoms with E-state index in [4.69, 9.17) is 9.47 Å². The van der Waals surface area contributed by atoms with Crippen LogP contribution < -0.4 is 20.3 Å². The number of anilines is 1. The van der Waals surface area contributed by atoms with Gasteiger partial charge in [-0.2, -0.15) is 4.31 Å². The second-order valence-corrected chi connectivity index (χ2v) is 12.3. The number of carbonyl (C=O) groups is 1. The highest BCUT2D eigenvalue weighted by molar-refractivity contribution is 7.89. The van der Waals surface area contributed by atoms with Crippen molar-refractivity contribution in [1.29, 1.82) is 0 Å². The molecular weight excluding hydrogens is 492 g/mol. The smallest absolute Gasteiger partial charge is 0.263 e. The number of nitrogens with zero attached hydrogens (tertiary/aromatic N) is 3. The Morgan fingerprint density at radius 2 is 1.91 bits per heavy atom. The van der Waals surface area contributed by atoms with E-state index >= 15 is 0 Å². The molecule has 4 heterocycles. The lowest BCUT2D eigenvalue weighted by molar-refractivity contribution is -0.116. The van der Waals surface area contributed by atoms with Crippen LogP contribution in [-0.4, -0.2) is 48.1 Å². The van der Waals surface area contributed by atoms with E-state index < -0.39 is 21.5 Å². The standard InChI is InChI=1S/C23H26N4O6S2/c1-13-6-14(2)9-27(8-13)35(30,31)21-15(3)34-22-20(21)23(29)26(11-24-22)10-19(28)25-16-4-5-17-18(7-16)33-12-32-17/h4-5,7,11,13-14H,6,8-10,12H2,1-3H3,(H,25,28). The van der Waals surface area contributed by atoms with E-state index in [2.05, 4.69) is 10.3 Å². The molecule has 1 amide bonds. The summed E-state index contributed by atoms with van der Waals surface area (Å²) in [5.74, 6) is 1.12. The van der Waals surface area contributed by atoms with Crippen LogP contribution in [0.25, 0.3) is 10.2 Å². The number of aryl methyl sites for hydroxylation is 1. The number of hydrogen-bond donors (Lipinski definition) is 1. The van der Waals surface area contributed by atoms with Crippen LogP contribution in [0.2, 0.25) is 0 Å². The quantitative estimate of drug-likeness (QED) is 0.551. The first-order valence-corrected chi connectivity index (χ1v) is 13.6. The molecular formula is C23H26N4O6S2. The van der Waals surface area contributed by atoms with Crippen LogP contribution in [0.5, 0.6) is 11.5 Å². The molecule has 10 nitrogen and oxygen atoms in total. The number of nitrogens with one attached hydrogen (secondary N) is 1. The maximum atomic E-state index is 13.6. The molecule has 0 radical (unpaired) electrons. The molecule has 2 unspecified atom stereocenters. The molecule has 5 rings (SSSR count). The third-order valence-electron chi connectivity index (χ3n) is 6.20. The Kier molecular flexibility index (Phi) is 6.06. The number of amides is 1. The minimum atomic E-state index is -3.90. The van der Waals surface area contributed by atoms with Crippen molar-refractivity contribution in [2.75, 3.05) is 25.2 Å². The van der Waals surface area contributed by atoms with Crippen LogP contribution in [0.15, 0.2) is 34.2 Å². The molecule has 2 aromatic heterocycles. The topological polar surface area (TPSA) is 120 Å². The molecule has 0 aliphatic carbocycles. The average Bonchev–Trinajstić information content (AvgIpc) is 3.39. The van der Waals surface area contributed by atoms with Crippen LogP contribution in [0.1, 0.15) is 25.1 Å². The lowest BCUT2D eigenvalue weighted by Gasteiger charge is -2.34. The van der Waals surface area contributed by atoms with E-state index in [1.807, 2.05) is 13.8 Å². The maximum Gasteiger partial charge on any atom is 0.263 e. The Morgan fingerprint density at radius 1 is 1.20 bits per heavy atom. The van der Waals surface area contributed by atoms with Crippen molar-refractivity contribution in [1.82, 2.24) is 13.9 Å². The number of thiophene rings is 1. The number of fused-ring (bicyclic) bond motifs is 2. The first-order valence-electron chi connectivity index (χ1n) is 11.3. The molecule has 2 atom stereocenters. The van der Waals surface area contributed by atoms with Gasteiger partial charge in [0.1, 0.15) is 16.3 Å². The molecule has 1 N–H and O–H groups in total. The summed E-state index contributed by atoms with van der Waals surface area (Å²) in [5, 5.41) is 2.76. The Hall–Kier alpha value is -2.96. The summed E-state index contributed by atoms with van der Waals surface area (Å²) in [6, 6.07) is 4.99. The summed E-state index contributed by atoms with van der Waals surface area (Å²) in [5.41, 5.74) is -0.0683. The first kappa shape index (κ1) is 23.8. The molecule has 1 aromatic carbocycles. The number of hydrogen-bond acceptors (Lipinski definition) is 8. The van der Waals surface area contributed by atoms with Gasteiger partial charge in [0.25, 0.3) is 5.56 Å². The van der Waals surface area contributed by atoms with Gasteiger partial charge in [-0.05, 0) is 37.3 Å². The van der Waals surface area contributed by atoms with Crippen molar-refractivity contribution in [2.24, 2.45) is 11.8 Å². The van der Waals surface area contributed by atoms with E-state index in [-0.39, 0.29) is 35.5 Å². The van der Waals surface area contributed by atoms with Gasteiger partial charge >= 0.3 is 0 Å². The maximum absolute atomic E-state index is 13.6. The van der Waals surface area contributed by atoms with E-state index in [0.717, 1.165) is 11.0 Å². The Labute approximate surface area is 206 Å². The fourth-order valence-corrected chi connectivity index (χ4v) is 8.14. The monoisotopic (exact) mass is 518 g/mol. The van der Waals surface area contributed by atoms with Crippen LogP contribution >= 0.6 is 11.3 Å². The number of benzene rings is 1. The predicted molar refractivity (Wildman–Crippen MR) is 132 cm³/mol. The predicted octanol–water partition coefficient (Wildman–Crippen LogP) is 2.80. The number of carbonyl (C=O) groups excluding carboxylic acids is 1. The van der Waals surface area contributed by atoms with E-state index in [1.54, 1.807) is 25.1 Å². The summed E-state index contributed by atoms with van der Waals surface area (Å²) in [4.78, 5) is 31.2. The summed E-state index contributed by atoms with van der Waals surface area (Å²) < 4.78 is 40.5. The van der Waals surface area contributed by atoms with Gasteiger partial charge in [0.05, 0.1) is 11.7 Å². The zero-order valence-electron chi connectivity index (χ0n) is 19.6. The van der Waals surface area contributed by atoms with Gasteiger partial charge in [0.2, 0.25) is 22.7 Å². The van der Waals surface area contributed by atoms with Gasteiger partial charge in [-0.3, -0.25) is 14.2 Å². The second-order valence-electron chi connectivity index (χ2n) is 9.23. The van der Waals surface area contributed by atoms with E-state index in [9.17, 15) is 18.0 Å². The molecule has 3 aromatic rings. The third-order valence-corrected chi connectivity index (χ3v) is 9.35. The lowest BCUT2D eigenvalue weighted by atomic mass is 9.94. The van der Waals surface area contributed by atoms with Crippen LogP contribution in [0.4, 0.5) is 5.69 Å². The van der Waals surface area contributed by atoms with Gasteiger partial charge in [-0.15, -0.1) is 11.3 Å². The number of sulfonamides is 1. The molecule has 12 heteroatoms. The Bertz CT molecular complexity index is 1470. The number of aromatic nitrogens is 2. The molecule has 0 bridgehead atoms. The van der Waals surface area contributed by atoms with Crippen molar-refractivity contribution >= 4 is 43.2 Å². The fraction of sp³-hybridized carbons (Fsp3) is 0.435. The zero-order chi connectivity index (χ0) is 24.9. The van der Waals surface area contributed by atoms with Gasteiger partial charge in [-0.1, -0.05) is 13.8 Å². The van der Waals surface area contributed by atoms with Gasteiger partial charge in [0, 0.05) is 29.7 Å². The zero-order valence-corrected chi connectivity index (χ0v) is 21.2. The molecule has 1 fully saturated rings. The highest BCUT2D eigenvalue weighted by atomic mass is 32.2. The van der Waals surface area contributed by atoms with E-state index in [0.29, 0.717) is 40.0 Å². The fourth-order valence-electron chi connectivity index (χ4n) is 4.80. The van der Waals surface area contributed by atoms with Crippen molar-refractivity contribution in [3.8, 4) is 11.5 Å². The van der Waals surface area contributed by atoms with Crippen LogP contribution in [-0.2, 0) is 21.4 Å². The Balaban J connectivity index is 1.45. The molecule has 0 saturated carbocycles. The molecule has 35 heavy (non-hydrogen) atoms.